The van der Waals surface area contributed by atoms with E-state index in [1.165, 1.54) is 6.20 Å². The summed E-state index contributed by atoms with van der Waals surface area (Å²) in [5, 5.41) is 0.632. The van der Waals surface area contributed by atoms with Crippen LogP contribution < -0.4 is 10.5 Å². The fourth-order valence-corrected chi connectivity index (χ4v) is 1.76. The lowest BCUT2D eigenvalue weighted by atomic mass is 10.1. The predicted molar refractivity (Wildman–Crippen MR) is 68.7 cm³/mol. The van der Waals surface area contributed by atoms with Crippen molar-refractivity contribution >= 4 is 22.6 Å². The van der Waals surface area contributed by atoms with E-state index in [1.54, 1.807) is 32.2 Å². The fraction of sp³-hybridized carbons (Fsp3) is 0.231. The van der Waals surface area contributed by atoms with Crippen LogP contribution in [0.2, 0.25) is 0 Å². The number of carbonyl (C=O) groups excluding carboxylic acids is 1. The summed E-state index contributed by atoms with van der Waals surface area (Å²) in [4.78, 5) is 16.0. The highest BCUT2D eigenvalue weighted by Gasteiger charge is 2.14. The Balaban J connectivity index is 2.67. The van der Waals surface area contributed by atoms with Crippen molar-refractivity contribution in [3.8, 4) is 5.75 Å². The molecule has 0 fully saturated rings. The summed E-state index contributed by atoms with van der Waals surface area (Å²) >= 11 is 0. The first-order valence-corrected chi connectivity index (χ1v) is 5.56. The van der Waals surface area contributed by atoms with E-state index in [1.807, 2.05) is 0 Å². The van der Waals surface area contributed by atoms with Gasteiger partial charge in [-0.05, 0) is 19.1 Å². The highest BCUT2D eigenvalue weighted by Crippen LogP contribution is 2.28. The molecule has 1 aromatic heterocycles. The van der Waals surface area contributed by atoms with Gasteiger partial charge >= 0.3 is 5.97 Å². The van der Waals surface area contributed by atoms with Crippen LogP contribution in [0.1, 0.15) is 17.3 Å². The molecule has 0 saturated heterocycles. The Kier molecular flexibility index (Phi) is 3.32. The highest BCUT2D eigenvalue weighted by atomic mass is 16.5. The van der Waals surface area contributed by atoms with Gasteiger partial charge in [0.15, 0.2) is 0 Å². The van der Waals surface area contributed by atoms with E-state index in [0.717, 1.165) is 0 Å². The van der Waals surface area contributed by atoms with Crippen molar-refractivity contribution in [1.82, 2.24) is 4.98 Å². The van der Waals surface area contributed by atoms with Gasteiger partial charge in [-0.1, -0.05) is 0 Å². The second kappa shape index (κ2) is 4.91. The lowest BCUT2D eigenvalue weighted by Gasteiger charge is -2.09. The summed E-state index contributed by atoms with van der Waals surface area (Å²) < 4.78 is 10.1. The van der Waals surface area contributed by atoms with Crippen molar-refractivity contribution in [3.63, 3.8) is 0 Å². The third-order valence-corrected chi connectivity index (χ3v) is 2.58. The molecule has 1 heterocycles. The molecular weight excluding hydrogens is 232 g/mol. The number of carbonyl (C=O) groups is 1. The van der Waals surface area contributed by atoms with Crippen molar-refractivity contribution in [2.75, 3.05) is 19.5 Å². The quantitative estimate of drug-likeness (QED) is 0.662. The normalized spacial score (nSPS) is 10.3. The van der Waals surface area contributed by atoms with E-state index >= 15 is 0 Å². The van der Waals surface area contributed by atoms with Crippen molar-refractivity contribution in [1.29, 1.82) is 0 Å². The summed E-state index contributed by atoms with van der Waals surface area (Å²) in [5.41, 5.74) is 7.36. The van der Waals surface area contributed by atoms with Crippen LogP contribution in [0.15, 0.2) is 24.4 Å². The van der Waals surface area contributed by atoms with Gasteiger partial charge in [0.05, 0.1) is 30.5 Å². The number of nitrogens with two attached hydrogens (primary N) is 1. The number of ether oxygens (including phenoxy) is 2. The molecule has 0 bridgehead atoms. The lowest BCUT2D eigenvalue weighted by molar-refractivity contribution is 0.0528. The smallest absolute Gasteiger partial charge is 0.338 e. The second-order valence-corrected chi connectivity index (χ2v) is 3.69. The molecule has 5 nitrogen and oxygen atoms in total. The Morgan fingerprint density at radius 2 is 2.22 bits per heavy atom. The third-order valence-electron chi connectivity index (χ3n) is 2.58. The van der Waals surface area contributed by atoms with Gasteiger partial charge in [-0.25, -0.2) is 4.79 Å². The van der Waals surface area contributed by atoms with E-state index in [2.05, 4.69) is 4.98 Å². The third kappa shape index (κ3) is 2.07. The van der Waals surface area contributed by atoms with Gasteiger partial charge in [0.25, 0.3) is 0 Å². The van der Waals surface area contributed by atoms with Crippen LogP contribution in [0.25, 0.3) is 10.9 Å². The standard InChI is InChI=1S/C13H14N2O3/c1-3-18-13(16)9-4-5-15-12-10(9)6-8(17-2)7-11(12)14/h4-7H,3,14H2,1-2H3. The van der Waals surface area contributed by atoms with E-state index < -0.39 is 5.97 Å². The molecule has 0 spiro atoms. The molecule has 0 radical (unpaired) electrons. The molecule has 0 aliphatic rings. The number of anilines is 1. The van der Waals surface area contributed by atoms with Gasteiger partial charge in [0.1, 0.15) is 5.75 Å². The minimum absolute atomic E-state index is 0.322. The van der Waals surface area contributed by atoms with Gasteiger partial charge in [0.2, 0.25) is 0 Å². The van der Waals surface area contributed by atoms with Gasteiger partial charge in [-0.15, -0.1) is 0 Å². The monoisotopic (exact) mass is 246 g/mol. The number of methoxy groups -OCH3 is 1. The number of rotatable bonds is 3. The molecule has 0 amide bonds. The summed E-state index contributed by atoms with van der Waals surface area (Å²) in [7, 11) is 1.54. The summed E-state index contributed by atoms with van der Waals surface area (Å²) in [6.45, 7) is 2.08. The first kappa shape index (κ1) is 12.2. The number of nitrogen functional groups attached to an aromatic ring is 1. The molecule has 0 aliphatic heterocycles. The zero-order valence-electron chi connectivity index (χ0n) is 10.3. The van der Waals surface area contributed by atoms with Crippen LogP contribution in [0.5, 0.6) is 5.75 Å². The number of aromatic nitrogens is 1. The molecular formula is C13H14N2O3. The minimum Gasteiger partial charge on any atom is -0.497 e. The Labute approximate surface area is 105 Å². The molecule has 2 rings (SSSR count). The number of hydrogen-bond donors (Lipinski definition) is 1. The molecule has 2 N–H and O–H groups in total. The average molecular weight is 246 g/mol. The topological polar surface area (TPSA) is 74.4 Å². The number of hydrogen-bond acceptors (Lipinski definition) is 5. The van der Waals surface area contributed by atoms with Crippen LogP contribution in [0, 0.1) is 0 Å². The largest absolute Gasteiger partial charge is 0.497 e. The van der Waals surface area contributed by atoms with Crippen LogP contribution in [0.3, 0.4) is 0 Å². The van der Waals surface area contributed by atoms with Crippen LogP contribution >= 0.6 is 0 Å². The molecule has 2 aromatic rings. The van der Waals surface area contributed by atoms with E-state index in [-0.39, 0.29) is 0 Å². The first-order chi connectivity index (χ1) is 8.67. The number of benzene rings is 1. The molecule has 0 saturated carbocycles. The predicted octanol–water partition coefficient (Wildman–Crippen LogP) is 2.00. The van der Waals surface area contributed by atoms with E-state index in [9.17, 15) is 4.79 Å². The molecule has 0 atom stereocenters. The van der Waals surface area contributed by atoms with Crippen LogP contribution in [0.4, 0.5) is 5.69 Å². The Morgan fingerprint density at radius 1 is 1.44 bits per heavy atom. The van der Waals surface area contributed by atoms with Crippen molar-refractivity contribution in [2.24, 2.45) is 0 Å². The molecule has 5 heteroatoms. The number of nitrogens with zero attached hydrogens (tertiary/aromatic N) is 1. The fourth-order valence-electron chi connectivity index (χ4n) is 1.76. The number of esters is 1. The molecule has 1 aromatic carbocycles. The maximum absolute atomic E-state index is 11.8. The van der Waals surface area contributed by atoms with Crippen molar-refractivity contribution in [2.45, 2.75) is 6.92 Å². The molecule has 0 aliphatic carbocycles. The van der Waals surface area contributed by atoms with Gasteiger partial charge < -0.3 is 15.2 Å². The van der Waals surface area contributed by atoms with Crippen LogP contribution in [-0.2, 0) is 4.74 Å². The zero-order valence-corrected chi connectivity index (χ0v) is 10.3. The maximum atomic E-state index is 11.8. The van der Waals surface area contributed by atoms with E-state index in [0.29, 0.717) is 34.5 Å². The molecule has 18 heavy (non-hydrogen) atoms. The highest BCUT2D eigenvalue weighted by molar-refractivity contribution is 6.06. The second-order valence-electron chi connectivity index (χ2n) is 3.69. The first-order valence-electron chi connectivity index (χ1n) is 5.56. The van der Waals surface area contributed by atoms with Gasteiger partial charge in [-0.3, -0.25) is 4.98 Å². The summed E-state index contributed by atoms with van der Waals surface area (Å²) in [6.07, 6.45) is 1.54. The SMILES string of the molecule is CCOC(=O)c1ccnc2c(N)cc(OC)cc12. The maximum Gasteiger partial charge on any atom is 0.338 e. The summed E-state index contributed by atoms with van der Waals surface area (Å²) in [6, 6.07) is 5.01. The van der Waals surface area contributed by atoms with Gasteiger partial charge in [0, 0.05) is 17.6 Å². The number of fused-ring (bicyclic) bond motifs is 1. The molecule has 94 valence electrons. The Bertz CT molecular complexity index is 596. The molecule has 0 unspecified atom stereocenters. The Morgan fingerprint density at radius 3 is 2.89 bits per heavy atom. The van der Waals surface area contributed by atoms with Crippen molar-refractivity contribution in [3.05, 3.63) is 30.0 Å². The average Bonchev–Trinajstić information content (AvgIpc) is 2.38. The number of pyridine rings is 1. The van der Waals surface area contributed by atoms with Crippen molar-refractivity contribution < 1.29 is 14.3 Å². The Hall–Kier alpha value is -2.30. The van der Waals surface area contributed by atoms with Crippen LogP contribution in [-0.4, -0.2) is 24.7 Å². The van der Waals surface area contributed by atoms with Gasteiger partial charge in [-0.2, -0.15) is 0 Å². The zero-order chi connectivity index (χ0) is 13.1. The minimum atomic E-state index is -0.391. The summed E-state index contributed by atoms with van der Waals surface area (Å²) in [5.74, 6) is 0.191. The lowest BCUT2D eigenvalue weighted by Crippen LogP contribution is -2.06. The van der Waals surface area contributed by atoms with E-state index in [4.69, 9.17) is 15.2 Å².